The van der Waals surface area contributed by atoms with E-state index in [-0.39, 0.29) is 12.1 Å². The molecule has 0 saturated carbocycles. The molecule has 0 saturated heterocycles. The van der Waals surface area contributed by atoms with Gasteiger partial charge in [-0.15, -0.1) is 0 Å². The van der Waals surface area contributed by atoms with E-state index in [2.05, 4.69) is 22.8 Å². The minimum absolute atomic E-state index is 0.0905. The van der Waals surface area contributed by atoms with Gasteiger partial charge in [0.05, 0.1) is 10.7 Å². The van der Waals surface area contributed by atoms with Crippen LogP contribution in [0.25, 0.3) is 0 Å². The van der Waals surface area contributed by atoms with E-state index < -0.39 is 0 Å². The number of carbonyl (C=O) groups excluding carboxylic acids is 1. The largest absolute Gasteiger partial charge is 0.335 e. The highest BCUT2D eigenvalue weighted by Gasteiger charge is 2.09. The van der Waals surface area contributed by atoms with Gasteiger partial charge < -0.3 is 10.6 Å². The fourth-order valence-electron chi connectivity index (χ4n) is 2.04. The van der Waals surface area contributed by atoms with Crippen LogP contribution in [0.2, 0.25) is 5.02 Å². The van der Waals surface area contributed by atoms with E-state index in [1.165, 1.54) is 5.56 Å². The van der Waals surface area contributed by atoms with Gasteiger partial charge in [0.15, 0.2) is 0 Å². The van der Waals surface area contributed by atoms with Crippen molar-refractivity contribution in [2.45, 2.75) is 25.8 Å². The van der Waals surface area contributed by atoms with Crippen LogP contribution in [0.15, 0.2) is 54.6 Å². The van der Waals surface area contributed by atoms with Crippen LogP contribution in [0.5, 0.6) is 0 Å². The van der Waals surface area contributed by atoms with Crippen LogP contribution in [0.1, 0.15) is 18.9 Å². The molecule has 21 heavy (non-hydrogen) atoms. The molecule has 1 atom stereocenters. The Balaban J connectivity index is 1.78. The van der Waals surface area contributed by atoms with E-state index in [4.69, 9.17) is 11.6 Å². The van der Waals surface area contributed by atoms with Crippen molar-refractivity contribution in [3.63, 3.8) is 0 Å². The predicted octanol–water partition coefficient (Wildman–Crippen LogP) is 4.48. The van der Waals surface area contributed by atoms with Crippen LogP contribution in [0.4, 0.5) is 10.5 Å². The van der Waals surface area contributed by atoms with Gasteiger partial charge in [-0.3, -0.25) is 0 Å². The summed E-state index contributed by atoms with van der Waals surface area (Å²) in [6.45, 7) is 2.00. The summed E-state index contributed by atoms with van der Waals surface area (Å²) in [6.07, 6.45) is 1.83. The standard InChI is InChI=1S/C17H19ClN2O/c1-13(11-12-14-7-3-2-4-8-14)19-17(21)20-16-10-6-5-9-15(16)18/h2-10,13H,11-12H2,1H3,(H2,19,20,21)/t13-/m0/s1. The van der Waals surface area contributed by atoms with Gasteiger partial charge in [-0.05, 0) is 37.5 Å². The first-order valence-corrected chi connectivity index (χ1v) is 7.39. The van der Waals surface area contributed by atoms with Gasteiger partial charge in [0, 0.05) is 6.04 Å². The topological polar surface area (TPSA) is 41.1 Å². The molecule has 2 aromatic rings. The highest BCUT2D eigenvalue weighted by molar-refractivity contribution is 6.33. The molecule has 2 amide bonds. The number of para-hydroxylation sites is 1. The molecule has 0 fully saturated rings. The summed E-state index contributed by atoms with van der Waals surface area (Å²) in [5.41, 5.74) is 1.89. The molecule has 110 valence electrons. The van der Waals surface area contributed by atoms with Crippen LogP contribution in [-0.4, -0.2) is 12.1 Å². The van der Waals surface area contributed by atoms with Crippen LogP contribution >= 0.6 is 11.6 Å². The first kappa shape index (κ1) is 15.4. The third-order valence-electron chi connectivity index (χ3n) is 3.21. The lowest BCUT2D eigenvalue weighted by molar-refractivity contribution is 0.248. The number of nitrogens with one attached hydrogen (secondary N) is 2. The van der Waals surface area contributed by atoms with Gasteiger partial charge in [0.25, 0.3) is 0 Å². The smallest absolute Gasteiger partial charge is 0.319 e. The summed E-state index contributed by atoms with van der Waals surface area (Å²) >= 11 is 6.00. The van der Waals surface area contributed by atoms with E-state index in [0.717, 1.165) is 12.8 Å². The quantitative estimate of drug-likeness (QED) is 0.840. The number of carbonyl (C=O) groups is 1. The molecule has 0 aliphatic heterocycles. The molecule has 0 aromatic heterocycles. The number of halogens is 1. The monoisotopic (exact) mass is 302 g/mol. The molecule has 0 bridgehead atoms. The molecule has 0 aliphatic rings. The lowest BCUT2D eigenvalue weighted by atomic mass is 10.1. The fraction of sp³-hybridized carbons (Fsp3) is 0.235. The normalized spacial score (nSPS) is 11.7. The predicted molar refractivity (Wildman–Crippen MR) is 87.8 cm³/mol. The summed E-state index contributed by atoms with van der Waals surface area (Å²) in [4.78, 5) is 11.9. The summed E-state index contributed by atoms with van der Waals surface area (Å²) in [5.74, 6) is 0. The molecular weight excluding hydrogens is 284 g/mol. The lowest BCUT2D eigenvalue weighted by Crippen LogP contribution is -2.36. The summed E-state index contributed by atoms with van der Waals surface area (Å²) < 4.78 is 0. The Bertz CT molecular complexity index is 586. The molecule has 4 heteroatoms. The maximum Gasteiger partial charge on any atom is 0.319 e. The summed E-state index contributed by atoms with van der Waals surface area (Å²) in [7, 11) is 0. The number of anilines is 1. The van der Waals surface area contributed by atoms with Gasteiger partial charge in [-0.1, -0.05) is 54.1 Å². The Morgan fingerprint density at radius 2 is 1.76 bits per heavy atom. The Morgan fingerprint density at radius 1 is 1.10 bits per heavy atom. The van der Waals surface area contributed by atoms with Crippen molar-refractivity contribution in [3.8, 4) is 0 Å². The van der Waals surface area contributed by atoms with Gasteiger partial charge in [0.2, 0.25) is 0 Å². The van der Waals surface area contributed by atoms with E-state index >= 15 is 0 Å². The molecular formula is C17H19ClN2O. The molecule has 0 radical (unpaired) electrons. The summed E-state index contributed by atoms with van der Waals surface area (Å²) in [5, 5.41) is 6.21. The zero-order valence-electron chi connectivity index (χ0n) is 12.0. The molecule has 2 N–H and O–H groups in total. The maximum absolute atomic E-state index is 11.9. The second-order valence-electron chi connectivity index (χ2n) is 5.00. The SMILES string of the molecule is C[C@@H](CCc1ccccc1)NC(=O)Nc1ccccc1Cl. The highest BCUT2D eigenvalue weighted by atomic mass is 35.5. The molecule has 2 rings (SSSR count). The van der Waals surface area contributed by atoms with Crippen molar-refractivity contribution in [3.05, 3.63) is 65.2 Å². The van der Waals surface area contributed by atoms with Crippen molar-refractivity contribution < 1.29 is 4.79 Å². The van der Waals surface area contributed by atoms with Crippen molar-refractivity contribution >= 4 is 23.3 Å². The van der Waals surface area contributed by atoms with Crippen LogP contribution in [-0.2, 0) is 6.42 Å². The highest BCUT2D eigenvalue weighted by Crippen LogP contribution is 2.20. The molecule has 0 aliphatic carbocycles. The van der Waals surface area contributed by atoms with E-state index in [9.17, 15) is 4.79 Å². The van der Waals surface area contributed by atoms with E-state index in [0.29, 0.717) is 10.7 Å². The Morgan fingerprint density at radius 3 is 2.48 bits per heavy atom. The number of hydrogen-bond donors (Lipinski definition) is 2. The van der Waals surface area contributed by atoms with E-state index in [1.54, 1.807) is 12.1 Å². The maximum atomic E-state index is 11.9. The lowest BCUT2D eigenvalue weighted by Gasteiger charge is -2.15. The van der Waals surface area contributed by atoms with Gasteiger partial charge in [-0.25, -0.2) is 4.79 Å². The second-order valence-corrected chi connectivity index (χ2v) is 5.41. The Labute approximate surface area is 130 Å². The Hall–Kier alpha value is -2.00. The van der Waals surface area contributed by atoms with Gasteiger partial charge in [0.1, 0.15) is 0 Å². The Kier molecular flexibility index (Phi) is 5.64. The number of amides is 2. The zero-order chi connectivity index (χ0) is 15.1. The zero-order valence-corrected chi connectivity index (χ0v) is 12.7. The minimum atomic E-state index is -0.233. The minimum Gasteiger partial charge on any atom is -0.335 e. The molecule has 3 nitrogen and oxygen atoms in total. The third-order valence-corrected chi connectivity index (χ3v) is 3.54. The number of hydrogen-bond acceptors (Lipinski definition) is 1. The van der Waals surface area contributed by atoms with Crippen molar-refractivity contribution in [1.82, 2.24) is 5.32 Å². The third kappa shape index (κ3) is 5.12. The molecule has 0 heterocycles. The number of urea groups is 1. The van der Waals surface area contributed by atoms with Crippen molar-refractivity contribution in [2.75, 3.05) is 5.32 Å². The first-order valence-electron chi connectivity index (χ1n) is 7.01. The number of benzene rings is 2. The molecule has 0 unspecified atom stereocenters. The average Bonchev–Trinajstić information content (AvgIpc) is 2.48. The van der Waals surface area contributed by atoms with Crippen LogP contribution in [0.3, 0.4) is 0 Å². The van der Waals surface area contributed by atoms with Gasteiger partial charge in [-0.2, -0.15) is 0 Å². The summed E-state index contributed by atoms with van der Waals surface area (Å²) in [6, 6.07) is 17.3. The van der Waals surface area contributed by atoms with Crippen LogP contribution < -0.4 is 10.6 Å². The second kappa shape index (κ2) is 7.70. The molecule has 0 spiro atoms. The first-order chi connectivity index (χ1) is 10.1. The van der Waals surface area contributed by atoms with E-state index in [1.807, 2.05) is 37.3 Å². The molecule has 2 aromatic carbocycles. The van der Waals surface area contributed by atoms with Crippen molar-refractivity contribution in [1.29, 1.82) is 0 Å². The number of aryl methyl sites for hydroxylation is 1. The average molecular weight is 303 g/mol. The van der Waals surface area contributed by atoms with Crippen molar-refractivity contribution in [2.24, 2.45) is 0 Å². The fourth-order valence-corrected chi connectivity index (χ4v) is 2.23. The number of rotatable bonds is 5. The van der Waals surface area contributed by atoms with Crippen LogP contribution in [0, 0.1) is 0 Å². The van der Waals surface area contributed by atoms with Gasteiger partial charge >= 0.3 is 6.03 Å².